The summed E-state index contributed by atoms with van der Waals surface area (Å²) in [4.78, 5) is 0. The van der Waals surface area contributed by atoms with Crippen LogP contribution >= 0.6 is 0 Å². The third kappa shape index (κ3) is 28.9. The maximum atomic E-state index is 9.07. The molecule has 0 aliphatic heterocycles. The number of ether oxygens (including phenoxy) is 2. The highest BCUT2D eigenvalue weighted by molar-refractivity contribution is 4.50. The molecular formula is C21H46O4. The van der Waals surface area contributed by atoms with E-state index in [2.05, 4.69) is 6.92 Å². The van der Waals surface area contributed by atoms with Crippen molar-refractivity contribution >= 4 is 0 Å². The number of hydrogen-bond acceptors (Lipinski definition) is 4. The highest BCUT2D eigenvalue weighted by Gasteiger charge is 2.00. The molecule has 0 rings (SSSR count). The Labute approximate surface area is 157 Å². The lowest BCUT2D eigenvalue weighted by Gasteiger charge is -2.08. The van der Waals surface area contributed by atoms with Crippen molar-refractivity contribution in [3.63, 3.8) is 0 Å². The van der Waals surface area contributed by atoms with Crippen LogP contribution in [0, 0.1) is 0 Å². The summed E-state index contributed by atoms with van der Waals surface area (Å²) < 4.78 is 10.1. The topological polar surface area (TPSA) is 58.9 Å². The van der Waals surface area contributed by atoms with E-state index in [9.17, 15) is 0 Å². The maximum Gasteiger partial charge on any atom is 0.100 e. The smallest absolute Gasteiger partial charge is 0.100 e. The molecule has 0 saturated carbocycles. The molecule has 1 atom stereocenters. The fourth-order valence-corrected chi connectivity index (χ4v) is 2.52. The standard InChI is InChI=1S/C17H36O3.C4H10O/c1-2-3-4-5-6-7-8-9-10-11-12-13-14-20-16-17(19)15-18;1-3-5-4-2/h17-19H,2-16H2,1H3;3-4H2,1-2H3. The van der Waals surface area contributed by atoms with Gasteiger partial charge in [0, 0.05) is 19.8 Å². The van der Waals surface area contributed by atoms with Gasteiger partial charge in [-0.15, -0.1) is 0 Å². The van der Waals surface area contributed by atoms with E-state index in [1.54, 1.807) is 0 Å². The van der Waals surface area contributed by atoms with E-state index >= 15 is 0 Å². The van der Waals surface area contributed by atoms with E-state index < -0.39 is 6.10 Å². The van der Waals surface area contributed by atoms with Crippen molar-refractivity contribution in [2.24, 2.45) is 0 Å². The summed E-state index contributed by atoms with van der Waals surface area (Å²) in [6, 6.07) is 0. The van der Waals surface area contributed by atoms with Crippen LogP contribution in [-0.2, 0) is 9.47 Å². The lowest BCUT2D eigenvalue weighted by molar-refractivity contribution is 0.00526. The highest BCUT2D eigenvalue weighted by atomic mass is 16.5. The van der Waals surface area contributed by atoms with Gasteiger partial charge in [0.25, 0.3) is 0 Å². The lowest BCUT2D eigenvalue weighted by atomic mass is 10.1. The monoisotopic (exact) mass is 362 g/mol. The molecule has 0 aromatic heterocycles. The normalized spacial score (nSPS) is 11.9. The Morgan fingerprint density at radius 2 is 1.08 bits per heavy atom. The van der Waals surface area contributed by atoms with Gasteiger partial charge in [-0.1, -0.05) is 77.6 Å². The van der Waals surface area contributed by atoms with E-state index in [4.69, 9.17) is 19.7 Å². The van der Waals surface area contributed by atoms with Crippen molar-refractivity contribution in [3.05, 3.63) is 0 Å². The van der Waals surface area contributed by atoms with Crippen molar-refractivity contribution in [3.8, 4) is 0 Å². The van der Waals surface area contributed by atoms with Crippen molar-refractivity contribution < 1.29 is 19.7 Å². The summed E-state index contributed by atoms with van der Waals surface area (Å²) in [5.74, 6) is 0. The lowest BCUT2D eigenvalue weighted by Crippen LogP contribution is -2.19. The average Bonchev–Trinajstić information content (AvgIpc) is 2.63. The Bertz CT molecular complexity index is 210. The molecular weight excluding hydrogens is 316 g/mol. The first-order chi connectivity index (χ1) is 12.2. The molecule has 0 aliphatic rings. The van der Waals surface area contributed by atoms with E-state index in [0.717, 1.165) is 19.6 Å². The summed E-state index contributed by atoms with van der Waals surface area (Å²) >= 11 is 0. The highest BCUT2D eigenvalue weighted by Crippen LogP contribution is 2.11. The van der Waals surface area contributed by atoms with Crippen molar-refractivity contribution in [1.82, 2.24) is 0 Å². The Kier molecular flexibility index (Phi) is 28.2. The van der Waals surface area contributed by atoms with Crippen LogP contribution < -0.4 is 0 Å². The fraction of sp³-hybridized carbons (Fsp3) is 1.00. The SMILES string of the molecule is CCCCCCCCCCCCCCOCC(O)CO.CCOCC. The summed E-state index contributed by atoms with van der Waals surface area (Å²) in [7, 11) is 0. The zero-order valence-corrected chi connectivity index (χ0v) is 17.3. The first-order valence-electron chi connectivity index (χ1n) is 10.7. The molecule has 2 N–H and O–H groups in total. The molecule has 154 valence electrons. The molecule has 0 bridgehead atoms. The van der Waals surface area contributed by atoms with Gasteiger partial charge in [0.05, 0.1) is 13.2 Å². The van der Waals surface area contributed by atoms with Gasteiger partial charge in [0.2, 0.25) is 0 Å². The first kappa shape index (κ1) is 27.1. The fourth-order valence-electron chi connectivity index (χ4n) is 2.52. The molecule has 0 fully saturated rings. The van der Waals surface area contributed by atoms with Gasteiger partial charge in [-0.25, -0.2) is 0 Å². The predicted molar refractivity (Wildman–Crippen MR) is 107 cm³/mol. The maximum absolute atomic E-state index is 9.07. The average molecular weight is 363 g/mol. The van der Waals surface area contributed by atoms with Gasteiger partial charge in [-0.05, 0) is 20.3 Å². The quantitative estimate of drug-likeness (QED) is 0.333. The van der Waals surface area contributed by atoms with E-state index in [0.29, 0.717) is 6.61 Å². The van der Waals surface area contributed by atoms with Crippen LogP contribution in [0.25, 0.3) is 0 Å². The van der Waals surface area contributed by atoms with Crippen LogP contribution in [0.1, 0.15) is 97.8 Å². The second kappa shape index (κ2) is 26.1. The summed E-state index contributed by atoms with van der Waals surface area (Å²) in [5.41, 5.74) is 0. The second-order valence-corrected chi connectivity index (χ2v) is 6.58. The Morgan fingerprint density at radius 3 is 1.44 bits per heavy atom. The molecule has 0 spiro atoms. The summed E-state index contributed by atoms with van der Waals surface area (Å²) in [6.45, 7) is 8.68. The third-order valence-corrected chi connectivity index (χ3v) is 4.07. The van der Waals surface area contributed by atoms with Gasteiger partial charge in [0.1, 0.15) is 6.10 Å². The minimum atomic E-state index is -0.715. The Morgan fingerprint density at radius 1 is 0.640 bits per heavy atom. The largest absolute Gasteiger partial charge is 0.394 e. The molecule has 0 radical (unpaired) electrons. The number of aliphatic hydroxyl groups is 2. The molecule has 4 heteroatoms. The van der Waals surface area contributed by atoms with E-state index in [-0.39, 0.29) is 13.2 Å². The van der Waals surface area contributed by atoms with E-state index in [1.165, 1.54) is 70.6 Å². The van der Waals surface area contributed by atoms with Gasteiger partial charge < -0.3 is 19.7 Å². The minimum absolute atomic E-state index is 0.210. The van der Waals surface area contributed by atoms with Crippen LogP contribution in [-0.4, -0.2) is 49.4 Å². The Hall–Kier alpha value is -0.160. The van der Waals surface area contributed by atoms with E-state index in [1.807, 2.05) is 13.8 Å². The molecule has 0 aromatic rings. The number of hydrogen-bond donors (Lipinski definition) is 2. The number of aliphatic hydroxyl groups excluding tert-OH is 2. The van der Waals surface area contributed by atoms with Crippen molar-refractivity contribution in [1.29, 1.82) is 0 Å². The Balaban J connectivity index is 0. The summed E-state index contributed by atoms with van der Waals surface area (Å²) in [6.07, 6.45) is 15.4. The van der Waals surface area contributed by atoms with Gasteiger partial charge in [0.15, 0.2) is 0 Å². The van der Waals surface area contributed by atoms with Crippen LogP contribution in [0.3, 0.4) is 0 Å². The van der Waals surface area contributed by atoms with Gasteiger partial charge in [-0.2, -0.15) is 0 Å². The van der Waals surface area contributed by atoms with Crippen LogP contribution in [0.2, 0.25) is 0 Å². The zero-order valence-electron chi connectivity index (χ0n) is 17.3. The molecule has 0 saturated heterocycles. The molecule has 1 unspecified atom stereocenters. The molecule has 25 heavy (non-hydrogen) atoms. The minimum Gasteiger partial charge on any atom is -0.394 e. The van der Waals surface area contributed by atoms with Crippen molar-refractivity contribution in [2.45, 2.75) is 104 Å². The number of rotatable bonds is 18. The van der Waals surface area contributed by atoms with Crippen LogP contribution in [0.5, 0.6) is 0 Å². The van der Waals surface area contributed by atoms with Crippen LogP contribution in [0.15, 0.2) is 0 Å². The molecule has 0 aliphatic carbocycles. The van der Waals surface area contributed by atoms with Gasteiger partial charge in [-0.3, -0.25) is 0 Å². The molecule has 4 nitrogen and oxygen atoms in total. The summed E-state index contributed by atoms with van der Waals surface area (Å²) in [5, 5.41) is 17.7. The zero-order chi connectivity index (χ0) is 19.0. The molecule has 0 amide bonds. The second-order valence-electron chi connectivity index (χ2n) is 6.58. The van der Waals surface area contributed by atoms with Gasteiger partial charge >= 0.3 is 0 Å². The number of unbranched alkanes of at least 4 members (excludes halogenated alkanes) is 11. The molecule has 0 aromatic carbocycles. The molecule has 0 heterocycles. The van der Waals surface area contributed by atoms with Crippen LogP contribution in [0.4, 0.5) is 0 Å². The first-order valence-corrected chi connectivity index (χ1v) is 10.7. The predicted octanol–water partition coefficient (Wildman–Crippen LogP) is 5.10. The van der Waals surface area contributed by atoms with Crippen molar-refractivity contribution in [2.75, 3.05) is 33.0 Å². The third-order valence-electron chi connectivity index (χ3n) is 4.07.